The molecular weight excluding hydrogens is 183 g/mol. The smallest absolute Gasteiger partial charge is 0.235 e. The summed E-state index contributed by atoms with van der Waals surface area (Å²) >= 11 is 11.2. The third kappa shape index (κ3) is 1.95. The Bertz CT molecular complexity index is 271. The van der Waals surface area contributed by atoms with E-state index in [1.807, 2.05) is 0 Å². The van der Waals surface area contributed by atoms with Gasteiger partial charge >= 0.3 is 0 Å². The van der Waals surface area contributed by atoms with E-state index in [2.05, 4.69) is 0 Å². The van der Waals surface area contributed by atoms with Crippen molar-refractivity contribution in [1.82, 2.24) is 0 Å². The van der Waals surface area contributed by atoms with Crippen LogP contribution in [0.5, 0.6) is 0 Å². The highest BCUT2D eigenvalue weighted by Gasteiger charge is 1.99. The zero-order chi connectivity index (χ0) is 8.27. The SMILES string of the molecule is O=[C]c1ccc(CCl)cc1Cl. The maximum absolute atomic E-state index is 10.2. The molecule has 57 valence electrons. The molecule has 3 heteroatoms. The summed E-state index contributed by atoms with van der Waals surface area (Å²) in [4.78, 5) is 10.2. The number of rotatable bonds is 2. The molecule has 0 heterocycles. The molecule has 1 aromatic rings. The molecule has 0 amide bonds. The zero-order valence-corrected chi connectivity index (χ0v) is 7.12. The van der Waals surface area contributed by atoms with Gasteiger partial charge in [-0.25, -0.2) is 0 Å². The van der Waals surface area contributed by atoms with Gasteiger partial charge in [-0.2, -0.15) is 0 Å². The van der Waals surface area contributed by atoms with Gasteiger partial charge in [-0.05, 0) is 17.7 Å². The molecule has 1 nitrogen and oxygen atoms in total. The van der Waals surface area contributed by atoms with E-state index >= 15 is 0 Å². The quantitative estimate of drug-likeness (QED) is 0.651. The summed E-state index contributed by atoms with van der Waals surface area (Å²) in [6.07, 6.45) is 1.72. The van der Waals surface area contributed by atoms with Crippen molar-refractivity contribution in [2.75, 3.05) is 0 Å². The average molecular weight is 188 g/mol. The largest absolute Gasteiger partial charge is 0.285 e. The van der Waals surface area contributed by atoms with E-state index in [0.717, 1.165) is 5.56 Å². The van der Waals surface area contributed by atoms with Gasteiger partial charge in [-0.1, -0.05) is 17.7 Å². The lowest BCUT2D eigenvalue weighted by Crippen LogP contribution is -1.84. The van der Waals surface area contributed by atoms with Gasteiger partial charge in [-0.15, -0.1) is 11.6 Å². The first-order valence-electron chi connectivity index (χ1n) is 3.00. The van der Waals surface area contributed by atoms with Gasteiger partial charge in [0.05, 0.1) is 5.02 Å². The topological polar surface area (TPSA) is 17.1 Å². The molecule has 0 atom stereocenters. The van der Waals surface area contributed by atoms with Gasteiger partial charge in [0.15, 0.2) is 0 Å². The van der Waals surface area contributed by atoms with Crippen molar-refractivity contribution in [2.45, 2.75) is 5.88 Å². The van der Waals surface area contributed by atoms with Crippen LogP contribution in [-0.4, -0.2) is 6.29 Å². The van der Waals surface area contributed by atoms with E-state index in [0.29, 0.717) is 16.5 Å². The Kier molecular flexibility index (Phi) is 2.92. The van der Waals surface area contributed by atoms with Crippen LogP contribution in [0.3, 0.4) is 0 Å². The number of hydrogen-bond donors (Lipinski definition) is 0. The molecule has 0 spiro atoms. The minimum atomic E-state index is 0.375. The highest BCUT2D eigenvalue weighted by atomic mass is 35.5. The standard InChI is InChI=1S/C8H5Cl2O/c9-4-6-1-2-7(5-11)8(10)3-6/h1-3H,4H2. The minimum absolute atomic E-state index is 0.375. The van der Waals surface area contributed by atoms with Gasteiger partial charge < -0.3 is 0 Å². The Hall–Kier alpha value is -0.530. The van der Waals surface area contributed by atoms with Gasteiger partial charge in [0, 0.05) is 11.4 Å². The number of benzene rings is 1. The molecule has 11 heavy (non-hydrogen) atoms. The van der Waals surface area contributed by atoms with Crippen LogP contribution in [0.4, 0.5) is 0 Å². The molecule has 0 saturated carbocycles. The van der Waals surface area contributed by atoms with E-state index in [1.54, 1.807) is 24.5 Å². The highest BCUT2D eigenvalue weighted by Crippen LogP contribution is 2.16. The van der Waals surface area contributed by atoms with Gasteiger partial charge in [-0.3, -0.25) is 4.79 Å². The predicted molar refractivity (Wildman–Crippen MR) is 45.8 cm³/mol. The van der Waals surface area contributed by atoms with Crippen LogP contribution in [0.2, 0.25) is 5.02 Å². The third-order valence-electron chi connectivity index (χ3n) is 1.30. The third-order valence-corrected chi connectivity index (χ3v) is 1.92. The Morgan fingerprint density at radius 2 is 2.18 bits per heavy atom. The van der Waals surface area contributed by atoms with Crippen molar-refractivity contribution < 1.29 is 4.79 Å². The second-order valence-corrected chi connectivity index (χ2v) is 2.72. The Labute approximate surface area is 74.9 Å². The lowest BCUT2D eigenvalue weighted by molar-refractivity contribution is 0.563. The second kappa shape index (κ2) is 3.74. The van der Waals surface area contributed by atoms with Crippen molar-refractivity contribution in [2.24, 2.45) is 0 Å². The van der Waals surface area contributed by atoms with Crippen LogP contribution in [0, 0.1) is 0 Å². The van der Waals surface area contributed by atoms with Crippen LogP contribution < -0.4 is 0 Å². The molecule has 1 radical (unpaired) electrons. The van der Waals surface area contributed by atoms with E-state index in [4.69, 9.17) is 23.2 Å². The zero-order valence-electron chi connectivity index (χ0n) is 5.60. The molecule has 1 rings (SSSR count). The van der Waals surface area contributed by atoms with Crippen LogP contribution in [-0.2, 0) is 10.7 Å². The molecule has 0 aliphatic carbocycles. The van der Waals surface area contributed by atoms with Gasteiger partial charge in [0.1, 0.15) is 0 Å². The fraction of sp³-hybridized carbons (Fsp3) is 0.125. The molecule has 0 aromatic heterocycles. The Morgan fingerprint density at radius 1 is 1.45 bits per heavy atom. The predicted octanol–water partition coefficient (Wildman–Crippen LogP) is 2.54. The first-order valence-corrected chi connectivity index (χ1v) is 3.91. The maximum atomic E-state index is 10.2. The number of hydrogen-bond acceptors (Lipinski definition) is 1. The molecule has 0 unspecified atom stereocenters. The Morgan fingerprint density at radius 3 is 2.64 bits per heavy atom. The summed E-state index contributed by atoms with van der Waals surface area (Å²) in [5.74, 6) is 0.402. The fourth-order valence-electron chi connectivity index (χ4n) is 0.725. The van der Waals surface area contributed by atoms with Crippen LogP contribution in [0.15, 0.2) is 18.2 Å². The van der Waals surface area contributed by atoms with Crippen LogP contribution in [0.25, 0.3) is 0 Å². The monoisotopic (exact) mass is 187 g/mol. The van der Waals surface area contributed by atoms with Crippen molar-refractivity contribution in [3.8, 4) is 0 Å². The Balaban J connectivity index is 3.09. The van der Waals surface area contributed by atoms with Crippen LogP contribution in [0.1, 0.15) is 11.1 Å². The van der Waals surface area contributed by atoms with Crippen molar-refractivity contribution in [3.63, 3.8) is 0 Å². The molecule has 0 bridgehead atoms. The molecule has 0 saturated heterocycles. The minimum Gasteiger partial charge on any atom is -0.285 e. The molecule has 0 aliphatic rings. The number of alkyl halides is 1. The molecule has 0 aliphatic heterocycles. The summed E-state index contributed by atoms with van der Waals surface area (Å²) in [5, 5.41) is 0.401. The van der Waals surface area contributed by atoms with Crippen molar-refractivity contribution >= 4 is 29.5 Å². The van der Waals surface area contributed by atoms with E-state index < -0.39 is 0 Å². The lowest BCUT2D eigenvalue weighted by atomic mass is 10.2. The first-order chi connectivity index (χ1) is 5.27. The normalized spacial score (nSPS) is 9.64. The van der Waals surface area contributed by atoms with Gasteiger partial charge in [0.25, 0.3) is 0 Å². The fourth-order valence-corrected chi connectivity index (χ4v) is 1.13. The van der Waals surface area contributed by atoms with Crippen molar-refractivity contribution in [3.05, 3.63) is 34.3 Å². The van der Waals surface area contributed by atoms with E-state index in [9.17, 15) is 4.79 Å². The number of carbonyl (C=O) groups excluding carboxylic acids is 1. The molecule has 0 N–H and O–H groups in total. The average Bonchev–Trinajstić information content (AvgIpc) is 2.04. The van der Waals surface area contributed by atoms with E-state index in [1.165, 1.54) is 0 Å². The molecular formula is C8H5Cl2O. The summed E-state index contributed by atoms with van der Waals surface area (Å²) in [6, 6.07) is 5.01. The van der Waals surface area contributed by atoms with Crippen molar-refractivity contribution in [1.29, 1.82) is 0 Å². The summed E-state index contributed by atoms with van der Waals surface area (Å²) in [6.45, 7) is 0. The highest BCUT2D eigenvalue weighted by molar-refractivity contribution is 6.33. The summed E-state index contributed by atoms with van der Waals surface area (Å²) < 4.78 is 0. The maximum Gasteiger partial charge on any atom is 0.235 e. The molecule has 0 fully saturated rings. The van der Waals surface area contributed by atoms with Gasteiger partial charge in [0.2, 0.25) is 6.29 Å². The number of halogens is 2. The first kappa shape index (κ1) is 8.57. The van der Waals surface area contributed by atoms with Crippen LogP contribution >= 0.6 is 23.2 Å². The van der Waals surface area contributed by atoms with E-state index in [-0.39, 0.29) is 0 Å². The lowest BCUT2D eigenvalue weighted by Gasteiger charge is -1.97. The summed E-state index contributed by atoms with van der Waals surface area (Å²) in [5.41, 5.74) is 1.27. The second-order valence-electron chi connectivity index (χ2n) is 2.05. The molecule has 1 aromatic carbocycles. The summed E-state index contributed by atoms with van der Waals surface area (Å²) in [7, 11) is 0.